The number of para-hydroxylation sites is 1. The van der Waals surface area contributed by atoms with Crippen LogP contribution in [0.3, 0.4) is 0 Å². The van der Waals surface area contributed by atoms with E-state index in [1.54, 1.807) is 28.6 Å². The molecule has 0 atom stereocenters. The van der Waals surface area contributed by atoms with Crippen molar-refractivity contribution in [3.8, 4) is 5.88 Å². The van der Waals surface area contributed by atoms with Crippen molar-refractivity contribution in [2.24, 2.45) is 0 Å². The molecule has 1 aromatic heterocycles. The van der Waals surface area contributed by atoms with Gasteiger partial charge in [-0.1, -0.05) is 28.1 Å². The van der Waals surface area contributed by atoms with Crippen LogP contribution in [0.1, 0.15) is 19.7 Å². The van der Waals surface area contributed by atoms with E-state index >= 15 is 0 Å². The van der Waals surface area contributed by atoms with Crippen LogP contribution < -0.4 is 4.74 Å². The molecule has 2 heterocycles. The summed E-state index contributed by atoms with van der Waals surface area (Å²) in [6, 6.07) is 14.7. The number of halogens is 1. The number of benzene rings is 2. The summed E-state index contributed by atoms with van der Waals surface area (Å²) in [5.41, 5.74) is 0.874. The van der Waals surface area contributed by atoms with E-state index in [-0.39, 0.29) is 6.10 Å². The maximum Gasteiger partial charge on any atom is 0.243 e. The smallest absolute Gasteiger partial charge is 0.243 e. The fourth-order valence-corrected chi connectivity index (χ4v) is 5.41. The molecule has 1 aliphatic rings. The minimum Gasteiger partial charge on any atom is -0.474 e. The molecule has 3 aromatic rings. The van der Waals surface area contributed by atoms with Crippen LogP contribution in [-0.4, -0.2) is 66.4 Å². The van der Waals surface area contributed by atoms with Gasteiger partial charge in [0.05, 0.1) is 21.9 Å². The number of sulfonamides is 1. The Kier molecular flexibility index (Phi) is 7.09. The van der Waals surface area contributed by atoms with Gasteiger partial charge in [0, 0.05) is 43.6 Å². The molecule has 4 rings (SSSR count). The van der Waals surface area contributed by atoms with Crippen LogP contribution in [0, 0.1) is 0 Å². The lowest BCUT2D eigenvalue weighted by molar-refractivity contribution is 0.189. The van der Waals surface area contributed by atoms with Crippen molar-refractivity contribution in [1.29, 1.82) is 0 Å². The highest BCUT2D eigenvalue weighted by molar-refractivity contribution is 9.10. The summed E-state index contributed by atoms with van der Waals surface area (Å²) < 4.78 is 34.1. The van der Waals surface area contributed by atoms with E-state index < -0.39 is 10.0 Å². The van der Waals surface area contributed by atoms with Crippen molar-refractivity contribution in [3.63, 3.8) is 0 Å². The first-order valence-electron chi connectivity index (χ1n) is 10.7. The summed E-state index contributed by atoms with van der Waals surface area (Å²) in [4.78, 5) is 11.9. The normalized spacial score (nSPS) is 16.0. The fraction of sp³-hybridized carbons (Fsp3) is 0.391. The predicted octanol–water partition coefficient (Wildman–Crippen LogP) is 3.73. The molecule has 170 valence electrons. The molecule has 0 spiro atoms. The summed E-state index contributed by atoms with van der Waals surface area (Å²) in [7, 11) is -3.47. The number of hydrogen-bond donors (Lipinski definition) is 0. The monoisotopic (exact) mass is 518 g/mol. The number of hydrogen-bond acceptors (Lipinski definition) is 6. The van der Waals surface area contributed by atoms with Crippen molar-refractivity contribution in [3.05, 3.63) is 58.8 Å². The Morgan fingerprint density at radius 3 is 2.38 bits per heavy atom. The maximum atomic E-state index is 12.9. The number of aromatic nitrogens is 2. The Balaban J connectivity index is 1.39. The van der Waals surface area contributed by atoms with Crippen molar-refractivity contribution in [2.75, 3.05) is 32.7 Å². The van der Waals surface area contributed by atoms with Crippen LogP contribution >= 0.6 is 15.9 Å². The molecule has 0 unspecified atom stereocenters. The van der Waals surface area contributed by atoms with E-state index in [4.69, 9.17) is 9.72 Å². The van der Waals surface area contributed by atoms with Gasteiger partial charge in [0.25, 0.3) is 0 Å². The lowest BCUT2D eigenvalue weighted by atomic mass is 10.2. The van der Waals surface area contributed by atoms with E-state index in [0.717, 1.165) is 27.7 Å². The number of ether oxygens (including phenoxy) is 1. The van der Waals surface area contributed by atoms with Gasteiger partial charge >= 0.3 is 0 Å². The number of rotatable bonds is 7. The van der Waals surface area contributed by atoms with Crippen molar-refractivity contribution >= 4 is 36.9 Å². The van der Waals surface area contributed by atoms with Crippen molar-refractivity contribution in [2.45, 2.75) is 31.3 Å². The third-order valence-electron chi connectivity index (χ3n) is 5.40. The molecule has 1 fully saturated rings. The molecule has 9 heteroatoms. The van der Waals surface area contributed by atoms with Gasteiger partial charge in [-0.3, -0.25) is 0 Å². The summed E-state index contributed by atoms with van der Waals surface area (Å²) in [6.45, 7) is 7.04. The highest BCUT2D eigenvalue weighted by atomic mass is 79.9. The maximum absolute atomic E-state index is 12.9. The third-order valence-corrected chi connectivity index (χ3v) is 7.84. The second kappa shape index (κ2) is 9.82. The molecule has 0 bridgehead atoms. The van der Waals surface area contributed by atoms with Crippen molar-refractivity contribution in [1.82, 2.24) is 19.2 Å². The van der Waals surface area contributed by atoms with E-state index in [0.29, 0.717) is 43.4 Å². The average molecular weight is 519 g/mol. The molecule has 0 radical (unpaired) electrons. The number of piperazine rings is 1. The predicted molar refractivity (Wildman–Crippen MR) is 128 cm³/mol. The molecule has 1 saturated heterocycles. The van der Waals surface area contributed by atoms with Gasteiger partial charge in [0.1, 0.15) is 5.82 Å². The van der Waals surface area contributed by atoms with Gasteiger partial charge in [-0.05, 0) is 50.2 Å². The fourth-order valence-electron chi connectivity index (χ4n) is 3.73. The quantitative estimate of drug-likeness (QED) is 0.474. The Bertz CT molecular complexity index is 1180. The van der Waals surface area contributed by atoms with Crippen LogP contribution in [0.5, 0.6) is 5.88 Å². The molecule has 0 saturated carbocycles. The molecule has 2 aromatic carbocycles. The minimum atomic E-state index is -3.47. The van der Waals surface area contributed by atoms with Gasteiger partial charge in [0.2, 0.25) is 15.9 Å². The topological polar surface area (TPSA) is 75.6 Å². The summed E-state index contributed by atoms with van der Waals surface area (Å²) >= 11 is 3.35. The standard InChI is InChI=1S/C23H27BrN4O3S/c1-17(2)31-23-20-5-3-4-6-21(20)25-22(26-23)11-12-27-13-15-28(16-14-27)32(29,30)19-9-7-18(24)8-10-19/h3-10,17H,11-16H2,1-2H3. The molecule has 1 aliphatic heterocycles. The molecule has 0 amide bonds. The highest BCUT2D eigenvalue weighted by Gasteiger charge is 2.28. The van der Waals surface area contributed by atoms with Gasteiger partial charge in [-0.15, -0.1) is 0 Å². The first-order chi connectivity index (χ1) is 15.3. The highest BCUT2D eigenvalue weighted by Crippen LogP contribution is 2.24. The van der Waals surface area contributed by atoms with Gasteiger partial charge in [-0.2, -0.15) is 9.29 Å². The second-order valence-corrected chi connectivity index (χ2v) is 10.9. The van der Waals surface area contributed by atoms with Gasteiger partial charge < -0.3 is 9.64 Å². The molecule has 7 nitrogen and oxygen atoms in total. The van der Waals surface area contributed by atoms with E-state index in [2.05, 4.69) is 25.8 Å². The Labute approximate surface area is 197 Å². The second-order valence-electron chi connectivity index (χ2n) is 8.08. The zero-order valence-electron chi connectivity index (χ0n) is 18.2. The largest absolute Gasteiger partial charge is 0.474 e. The van der Waals surface area contributed by atoms with Crippen LogP contribution in [0.25, 0.3) is 10.9 Å². The Morgan fingerprint density at radius 2 is 1.69 bits per heavy atom. The summed E-state index contributed by atoms with van der Waals surface area (Å²) in [5.74, 6) is 1.36. The molecule has 0 aliphatic carbocycles. The van der Waals surface area contributed by atoms with Gasteiger partial charge in [0.15, 0.2) is 0 Å². The Morgan fingerprint density at radius 1 is 1.00 bits per heavy atom. The lowest BCUT2D eigenvalue weighted by Gasteiger charge is -2.33. The number of nitrogens with zero attached hydrogens (tertiary/aromatic N) is 4. The minimum absolute atomic E-state index is 0.0295. The van der Waals surface area contributed by atoms with Gasteiger partial charge in [-0.25, -0.2) is 13.4 Å². The van der Waals surface area contributed by atoms with Crippen LogP contribution in [0.4, 0.5) is 0 Å². The zero-order valence-corrected chi connectivity index (χ0v) is 20.6. The molecule has 0 N–H and O–H groups in total. The van der Waals surface area contributed by atoms with E-state index in [9.17, 15) is 8.42 Å². The van der Waals surface area contributed by atoms with E-state index in [1.165, 1.54) is 0 Å². The first-order valence-corrected chi connectivity index (χ1v) is 13.0. The lowest BCUT2D eigenvalue weighted by Crippen LogP contribution is -2.49. The van der Waals surface area contributed by atoms with Crippen LogP contribution in [0.2, 0.25) is 0 Å². The van der Waals surface area contributed by atoms with Crippen LogP contribution in [0.15, 0.2) is 57.9 Å². The molecule has 32 heavy (non-hydrogen) atoms. The summed E-state index contributed by atoms with van der Waals surface area (Å²) in [5, 5.41) is 0.914. The number of fused-ring (bicyclic) bond motifs is 1. The SMILES string of the molecule is CC(C)Oc1nc(CCN2CCN(S(=O)(=O)c3ccc(Br)cc3)CC2)nc2ccccc12. The molecular formula is C23H27BrN4O3S. The van der Waals surface area contributed by atoms with E-state index in [1.807, 2.05) is 38.1 Å². The van der Waals surface area contributed by atoms with Crippen molar-refractivity contribution < 1.29 is 13.2 Å². The Hall–Kier alpha value is -2.07. The third kappa shape index (κ3) is 5.28. The summed E-state index contributed by atoms with van der Waals surface area (Å²) in [6.07, 6.45) is 0.709. The average Bonchev–Trinajstić information content (AvgIpc) is 2.78. The molecular weight excluding hydrogens is 492 g/mol. The first kappa shape index (κ1) is 23.1. The zero-order chi connectivity index (χ0) is 22.7. The van der Waals surface area contributed by atoms with Crippen LogP contribution in [-0.2, 0) is 16.4 Å².